The molecule has 1 aliphatic rings. The number of anilines is 1. The molecule has 7 heteroatoms. The highest BCUT2D eigenvalue weighted by molar-refractivity contribution is 7.14. The summed E-state index contributed by atoms with van der Waals surface area (Å²) in [7, 11) is 1.51. The molecule has 0 saturated carbocycles. The number of carbonyl (C=O) groups is 2. The van der Waals surface area contributed by atoms with Crippen molar-refractivity contribution in [3.63, 3.8) is 0 Å². The maximum atomic E-state index is 12.7. The van der Waals surface area contributed by atoms with E-state index in [-0.39, 0.29) is 0 Å². The van der Waals surface area contributed by atoms with E-state index >= 15 is 0 Å². The summed E-state index contributed by atoms with van der Waals surface area (Å²) < 4.78 is 10.8. The average Bonchev–Trinajstić information content (AvgIpc) is 3.12. The zero-order valence-corrected chi connectivity index (χ0v) is 17.8. The van der Waals surface area contributed by atoms with E-state index in [0.29, 0.717) is 27.8 Å². The first-order valence-electron chi connectivity index (χ1n) is 9.40. The molecule has 5 nitrogen and oxygen atoms in total. The fourth-order valence-corrected chi connectivity index (χ4v) is 4.53. The Morgan fingerprint density at radius 1 is 1.25 bits per heavy atom. The molecule has 1 N–H and O–H groups in total. The normalized spacial score (nSPS) is 14.1. The van der Waals surface area contributed by atoms with Gasteiger partial charge in [-0.3, -0.25) is 4.79 Å². The van der Waals surface area contributed by atoms with Crippen LogP contribution in [0.4, 0.5) is 5.69 Å². The van der Waals surface area contributed by atoms with Crippen LogP contribution in [0, 0.1) is 6.92 Å². The Bertz CT molecular complexity index is 869. The van der Waals surface area contributed by atoms with Gasteiger partial charge in [0, 0.05) is 16.0 Å². The van der Waals surface area contributed by atoms with Crippen LogP contribution in [0.2, 0.25) is 5.02 Å². The molecule has 1 aromatic carbocycles. The molecule has 150 valence electrons. The topological polar surface area (TPSA) is 64.6 Å². The molecule has 1 unspecified atom stereocenters. The third kappa shape index (κ3) is 4.50. The molecule has 0 aliphatic heterocycles. The molecule has 1 heterocycles. The molecule has 0 saturated heterocycles. The molecule has 0 radical (unpaired) electrons. The second-order valence-corrected chi connectivity index (χ2v) is 8.40. The lowest BCUT2D eigenvalue weighted by Gasteiger charge is -2.17. The summed E-state index contributed by atoms with van der Waals surface area (Å²) in [6.45, 7) is 3.65. The maximum Gasteiger partial charge on any atom is 0.349 e. The van der Waals surface area contributed by atoms with Crippen molar-refractivity contribution in [1.82, 2.24) is 0 Å². The number of rotatable bonds is 6. The number of amides is 1. The van der Waals surface area contributed by atoms with Crippen LogP contribution in [0.3, 0.4) is 0 Å². The summed E-state index contributed by atoms with van der Waals surface area (Å²) >= 11 is 7.59. The Labute approximate surface area is 174 Å². The molecule has 1 amide bonds. The molecule has 1 atom stereocenters. The predicted molar refractivity (Wildman–Crippen MR) is 112 cm³/mol. The largest absolute Gasteiger partial charge is 0.495 e. The standard InChI is InChI=1S/C21H24ClNO4S/c1-4-16(20(24)23-15-9-12(2)14(22)11-17(15)26-3)27-21(25)19-10-13-7-5-6-8-18(13)28-19/h9-11,16H,4-8H2,1-3H3,(H,23,24). The van der Waals surface area contributed by atoms with Gasteiger partial charge in [-0.1, -0.05) is 18.5 Å². The zero-order valence-electron chi connectivity index (χ0n) is 16.3. The molecule has 0 bridgehead atoms. The van der Waals surface area contributed by atoms with E-state index in [9.17, 15) is 9.59 Å². The van der Waals surface area contributed by atoms with Gasteiger partial charge in [-0.05, 0) is 62.3 Å². The van der Waals surface area contributed by atoms with Crippen molar-refractivity contribution < 1.29 is 19.1 Å². The van der Waals surface area contributed by atoms with Crippen molar-refractivity contribution >= 4 is 40.5 Å². The number of ether oxygens (including phenoxy) is 2. The molecule has 2 aromatic rings. The van der Waals surface area contributed by atoms with Crippen molar-refractivity contribution in [1.29, 1.82) is 0 Å². The lowest BCUT2D eigenvalue weighted by atomic mass is 9.99. The number of esters is 1. The van der Waals surface area contributed by atoms with Crippen LogP contribution >= 0.6 is 22.9 Å². The van der Waals surface area contributed by atoms with Crippen molar-refractivity contribution in [2.45, 2.75) is 52.1 Å². The minimum atomic E-state index is -0.882. The quantitative estimate of drug-likeness (QED) is 0.653. The van der Waals surface area contributed by atoms with Gasteiger partial charge in [0.1, 0.15) is 10.6 Å². The van der Waals surface area contributed by atoms with Gasteiger partial charge >= 0.3 is 5.97 Å². The summed E-state index contributed by atoms with van der Waals surface area (Å²) in [5.74, 6) is -0.381. The number of benzene rings is 1. The number of fused-ring (bicyclic) bond motifs is 1. The van der Waals surface area contributed by atoms with Crippen LogP contribution in [0.1, 0.15) is 51.9 Å². The summed E-state index contributed by atoms with van der Waals surface area (Å²) in [5.41, 5.74) is 2.55. The van der Waals surface area contributed by atoms with Crippen LogP contribution in [-0.4, -0.2) is 25.1 Å². The molecule has 28 heavy (non-hydrogen) atoms. The van der Waals surface area contributed by atoms with Gasteiger partial charge in [-0.15, -0.1) is 11.3 Å². The second kappa shape index (κ2) is 8.97. The van der Waals surface area contributed by atoms with E-state index in [1.807, 2.05) is 13.0 Å². The van der Waals surface area contributed by atoms with Crippen molar-refractivity contribution in [3.8, 4) is 5.75 Å². The average molecular weight is 422 g/mol. The lowest BCUT2D eigenvalue weighted by molar-refractivity contribution is -0.124. The number of carbonyl (C=O) groups excluding carboxylic acids is 2. The van der Waals surface area contributed by atoms with Crippen molar-refractivity contribution in [2.24, 2.45) is 0 Å². The summed E-state index contributed by atoms with van der Waals surface area (Å²) in [6.07, 6.45) is 3.82. The number of methoxy groups -OCH3 is 1. The van der Waals surface area contributed by atoms with E-state index in [4.69, 9.17) is 21.1 Å². The van der Waals surface area contributed by atoms with E-state index in [0.717, 1.165) is 31.2 Å². The van der Waals surface area contributed by atoms with Crippen LogP contribution in [0.5, 0.6) is 5.75 Å². The monoisotopic (exact) mass is 421 g/mol. The highest BCUT2D eigenvalue weighted by atomic mass is 35.5. The minimum Gasteiger partial charge on any atom is -0.495 e. The fourth-order valence-electron chi connectivity index (χ4n) is 3.24. The number of nitrogens with one attached hydrogen (secondary N) is 1. The van der Waals surface area contributed by atoms with Gasteiger partial charge in [0.15, 0.2) is 6.10 Å². The van der Waals surface area contributed by atoms with Gasteiger partial charge in [0.2, 0.25) is 0 Å². The molecule has 3 rings (SSSR count). The van der Waals surface area contributed by atoms with Gasteiger partial charge < -0.3 is 14.8 Å². The van der Waals surface area contributed by atoms with E-state index in [1.165, 1.54) is 28.9 Å². The first-order chi connectivity index (χ1) is 13.4. The Kier molecular flexibility index (Phi) is 6.62. The Balaban J connectivity index is 1.71. The smallest absolute Gasteiger partial charge is 0.349 e. The van der Waals surface area contributed by atoms with Gasteiger partial charge in [-0.25, -0.2) is 4.79 Å². The molecule has 0 fully saturated rings. The van der Waals surface area contributed by atoms with E-state index in [1.54, 1.807) is 19.1 Å². The van der Waals surface area contributed by atoms with Crippen molar-refractivity contribution in [3.05, 3.63) is 44.1 Å². The van der Waals surface area contributed by atoms with Gasteiger partial charge in [0.25, 0.3) is 5.91 Å². The number of aryl methyl sites for hydroxylation is 3. The molecular formula is C21H24ClNO4S. The number of hydrogen-bond acceptors (Lipinski definition) is 5. The van der Waals surface area contributed by atoms with Crippen LogP contribution in [0.25, 0.3) is 0 Å². The second-order valence-electron chi connectivity index (χ2n) is 6.86. The van der Waals surface area contributed by atoms with Crippen LogP contribution in [-0.2, 0) is 22.4 Å². The van der Waals surface area contributed by atoms with Crippen LogP contribution in [0.15, 0.2) is 18.2 Å². The molecular weight excluding hydrogens is 398 g/mol. The molecule has 1 aliphatic carbocycles. The Morgan fingerprint density at radius 3 is 2.68 bits per heavy atom. The Hall–Kier alpha value is -2.05. The first-order valence-corrected chi connectivity index (χ1v) is 10.6. The number of thiophene rings is 1. The SMILES string of the molecule is CCC(OC(=O)c1cc2c(s1)CCCC2)C(=O)Nc1cc(C)c(Cl)cc1OC. The third-order valence-corrected chi connectivity index (χ3v) is 6.47. The third-order valence-electron chi connectivity index (χ3n) is 4.85. The Morgan fingerprint density at radius 2 is 2.00 bits per heavy atom. The first kappa shape index (κ1) is 20.7. The highest BCUT2D eigenvalue weighted by Gasteiger charge is 2.25. The summed E-state index contributed by atoms with van der Waals surface area (Å²) in [6, 6.07) is 5.30. The highest BCUT2D eigenvalue weighted by Crippen LogP contribution is 2.32. The van der Waals surface area contributed by atoms with E-state index < -0.39 is 18.0 Å². The van der Waals surface area contributed by atoms with Crippen LogP contribution < -0.4 is 10.1 Å². The van der Waals surface area contributed by atoms with E-state index in [2.05, 4.69) is 5.32 Å². The number of hydrogen-bond donors (Lipinski definition) is 1. The van der Waals surface area contributed by atoms with Gasteiger partial charge in [0.05, 0.1) is 12.8 Å². The van der Waals surface area contributed by atoms with Gasteiger partial charge in [-0.2, -0.15) is 0 Å². The maximum absolute atomic E-state index is 12.7. The fraction of sp³-hybridized carbons (Fsp3) is 0.429. The summed E-state index contributed by atoms with van der Waals surface area (Å²) in [5, 5.41) is 3.34. The molecule has 0 spiro atoms. The summed E-state index contributed by atoms with van der Waals surface area (Å²) in [4.78, 5) is 27.1. The lowest BCUT2D eigenvalue weighted by Crippen LogP contribution is -2.32. The van der Waals surface area contributed by atoms with Crippen molar-refractivity contribution in [2.75, 3.05) is 12.4 Å². The zero-order chi connectivity index (χ0) is 20.3. The predicted octanol–water partition coefficient (Wildman–Crippen LogP) is 5.17. The minimum absolute atomic E-state index is 0.373. The molecule has 1 aromatic heterocycles. The number of halogens is 1.